The van der Waals surface area contributed by atoms with Crippen molar-refractivity contribution in [3.8, 4) is 22.3 Å². The second-order valence-electron chi connectivity index (χ2n) is 5.10. The maximum Gasteiger partial charge on any atom is 0 e. The van der Waals surface area contributed by atoms with Gasteiger partial charge < -0.3 is 0 Å². The van der Waals surface area contributed by atoms with Gasteiger partial charge in [0, 0.05) is 65.4 Å². The van der Waals surface area contributed by atoms with Gasteiger partial charge in [-0.05, 0) is 0 Å². The summed E-state index contributed by atoms with van der Waals surface area (Å²) >= 11 is 0. The van der Waals surface area contributed by atoms with Crippen LogP contribution in [0.2, 0.25) is 0 Å². The minimum absolute atomic E-state index is 0. The van der Waals surface area contributed by atoms with Crippen LogP contribution in [-0.4, -0.2) is 0 Å². The third kappa shape index (κ3) is 4.11. The molecule has 0 bridgehead atoms. The fraction of sp³-hybridized carbons (Fsp3) is 0. The molecule has 0 aliphatic heterocycles. The summed E-state index contributed by atoms with van der Waals surface area (Å²) in [7, 11) is 0. The second-order valence-corrected chi connectivity index (χ2v) is 5.10. The van der Waals surface area contributed by atoms with Crippen LogP contribution in [0.15, 0.2) is 72.8 Å². The molecule has 0 atom stereocenters. The Balaban J connectivity index is 0.00000104. The van der Waals surface area contributed by atoms with Crippen LogP contribution in [0.5, 0.6) is 0 Å². The molecular formula is C22H12Y2-4. The molecule has 0 aliphatic carbocycles. The van der Waals surface area contributed by atoms with E-state index in [0.29, 0.717) is 0 Å². The zero-order valence-corrected chi connectivity index (χ0v) is 18.8. The van der Waals surface area contributed by atoms with E-state index in [4.69, 9.17) is 0 Å². The summed E-state index contributed by atoms with van der Waals surface area (Å²) in [6.45, 7) is 0. The number of benzene rings is 4. The Morgan fingerprint density at radius 1 is 0.542 bits per heavy atom. The molecule has 24 heavy (non-hydrogen) atoms. The first-order chi connectivity index (χ1) is 10.9. The van der Waals surface area contributed by atoms with Crippen molar-refractivity contribution in [1.82, 2.24) is 0 Å². The van der Waals surface area contributed by atoms with Crippen molar-refractivity contribution in [1.29, 1.82) is 0 Å². The third-order valence-electron chi connectivity index (χ3n) is 3.70. The molecule has 0 unspecified atom stereocenters. The molecule has 2 heteroatoms. The molecule has 4 aromatic carbocycles. The molecule has 0 saturated heterocycles. The standard InChI is InChI=1S/C22H12.2Y/c1-3-8-17(9-4-1)19-14-15-22-20(16-19)12-7-13-21(22)18-10-5-2-6-11-18;;/h1-8,10,12,14-15H;;/q-4;;. The van der Waals surface area contributed by atoms with Crippen molar-refractivity contribution >= 4 is 10.8 Å². The minimum Gasteiger partial charge on any atom is -0.226 e. The summed E-state index contributed by atoms with van der Waals surface area (Å²) in [6, 6.07) is 37.5. The van der Waals surface area contributed by atoms with Crippen molar-refractivity contribution < 1.29 is 65.4 Å². The Kier molecular flexibility index (Phi) is 7.51. The van der Waals surface area contributed by atoms with Gasteiger partial charge >= 0.3 is 0 Å². The molecule has 4 aromatic rings. The van der Waals surface area contributed by atoms with Crippen LogP contribution in [0.1, 0.15) is 0 Å². The number of rotatable bonds is 2. The van der Waals surface area contributed by atoms with Crippen molar-refractivity contribution in [3.05, 3.63) is 97.1 Å². The van der Waals surface area contributed by atoms with Gasteiger partial charge in [-0.15, -0.1) is 24.3 Å². The third-order valence-corrected chi connectivity index (χ3v) is 3.70. The van der Waals surface area contributed by atoms with Crippen LogP contribution in [0, 0.1) is 24.3 Å². The van der Waals surface area contributed by atoms with Crippen LogP contribution in [-0.2, 0) is 65.4 Å². The van der Waals surface area contributed by atoms with Gasteiger partial charge in [0.1, 0.15) is 0 Å². The topological polar surface area (TPSA) is 0 Å². The molecule has 2 radical (unpaired) electrons. The smallest absolute Gasteiger partial charge is 0 e. The minimum atomic E-state index is 0. The normalized spacial score (nSPS) is 9.83. The van der Waals surface area contributed by atoms with Gasteiger partial charge in [0.2, 0.25) is 0 Å². The molecule has 0 heterocycles. The Labute approximate surface area is 193 Å². The van der Waals surface area contributed by atoms with Gasteiger partial charge in [0.25, 0.3) is 0 Å². The first-order valence-corrected chi connectivity index (χ1v) is 7.23. The molecule has 4 rings (SSSR count). The summed E-state index contributed by atoms with van der Waals surface area (Å²) in [6.07, 6.45) is 0. The number of hydrogen-bond donors (Lipinski definition) is 0. The molecule has 0 aromatic heterocycles. The maximum absolute atomic E-state index is 3.49. The average Bonchev–Trinajstić information content (AvgIpc) is 2.62. The van der Waals surface area contributed by atoms with Gasteiger partial charge in [0.05, 0.1) is 0 Å². The van der Waals surface area contributed by atoms with Crippen molar-refractivity contribution in [2.24, 2.45) is 0 Å². The molecule has 0 nitrogen and oxygen atoms in total. The van der Waals surface area contributed by atoms with E-state index in [1.165, 1.54) is 0 Å². The molecule has 0 spiro atoms. The van der Waals surface area contributed by atoms with E-state index in [2.05, 4.69) is 48.5 Å². The predicted molar refractivity (Wildman–Crippen MR) is 90.2 cm³/mol. The summed E-state index contributed by atoms with van der Waals surface area (Å²) in [5, 5.41) is 2.23. The van der Waals surface area contributed by atoms with Crippen LogP contribution >= 0.6 is 0 Å². The molecule has 0 amide bonds. The van der Waals surface area contributed by atoms with E-state index >= 15 is 0 Å². The van der Waals surface area contributed by atoms with Crippen LogP contribution < -0.4 is 0 Å². The average molecular weight is 454 g/mol. The molecule has 0 aliphatic rings. The van der Waals surface area contributed by atoms with Crippen molar-refractivity contribution in [2.45, 2.75) is 0 Å². The maximum atomic E-state index is 3.49. The predicted octanol–water partition coefficient (Wildman–Crippen LogP) is 5.37. The molecule has 110 valence electrons. The molecule has 0 saturated carbocycles. The Hall–Kier alpha value is -0.652. The summed E-state index contributed by atoms with van der Waals surface area (Å²) in [5.41, 5.74) is 4.24. The van der Waals surface area contributed by atoms with E-state index in [1.807, 2.05) is 48.5 Å². The fourth-order valence-corrected chi connectivity index (χ4v) is 2.64. The zero-order valence-electron chi connectivity index (χ0n) is 13.1. The zero-order chi connectivity index (χ0) is 14.8. The van der Waals surface area contributed by atoms with Gasteiger partial charge in [-0.25, -0.2) is 22.3 Å². The number of fused-ring (bicyclic) bond motifs is 1. The van der Waals surface area contributed by atoms with E-state index in [0.717, 1.165) is 33.0 Å². The van der Waals surface area contributed by atoms with E-state index in [9.17, 15) is 0 Å². The fourth-order valence-electron chi connectivity index (χ4n) is 2.64. The molecule has 0 N–H and O–H groups in total. The van der Waals surface area contributed by atoms with Gasteiger partial charge in [-0.2, -0.15) is 83.6 Å². The largest absolute Gasteiger partial charge is 0.226 e. The van der Waals surface area contributed by atoms with Gasteiger partial charge in [-0.1, -0.05) is 0 Å². The van der Waals surface area contributed by atoms with Crippen LogP contribution in [0.4, 0.5) is 0 Å². The van der Waals surface area contributed by atoms with Crippen molar-refractivity contribution in [3.63, 3.8) is 0 Å². The molecule has 0 fully saturated rings. The Morgan fingerprint density at radius 2 is 1.25 bits per heavy atom. The van der Waals surface area contributed by atoms with E-state index in [1.54, 1.807) is 0 Å². The van der Waals surface area contributed by atoms with Gasteiger partial charge in [0.15, 0.2) is 0 Å². The Bertz CT molecular complexity index is 916. The first-order valence-electron chi connectivity index (χ1n) is 7.23. The van der Waals surface area contributed by atoms with E-state index in [-0.39, 0.29) is 65.4 Å². The quantitative estimate of drug-likeness (QED) is 0.358. The molecular weight excluding hydrogens is 442 g/mol. The first kappa shape index (κ1) is 19.7. The van der Waals surface area contributed by atoms with Gasteiger partial charge in [-0.3, -0.25) is 0 Å². The summed E-state index contributed by atoms with van der Waals surface area (Å²) in [4.78, 5) is 0. The summed E-state index contributed by atoms with van der Waals surface area (Å²) in [5.74, 6) is 0. The Morgan fingerprint density at radius 3 is 1.92 bits per heavy atom. The summed E-state index contributed by atoms with van der Waals surface area (Å²) < 4.78 is 0. The van der Waals surface area contributed by atoms with E-state index < -0.39 is 0 Å². The monoisotopic (exact) mass is 454 g/mol. The second kappa shape index (κ2) is 9.16. The SMILES string of the molecule is [Y].[Y].[c-]1ccccc1-c1[c-]c2cc[c-]c(-c3[c-]cccc3)c2cc1. The van der Waals surface area contributed by atoms with Crippen LogP contribution in [0.3, 0.4) is 0 Å². The van der Waals surface area contributed by atoms with Crippen molar-refractivity contribution in [2.75, 3.05) is 0 Å². The van der Waals surface area contributed by atoms with Crippen LogP contribution in [0.25, 0.3) is 33.0 Å². The number of hydrogen-bond acceptors (Lipinski definition) is 0.